The maximum atomic E-state index is 12.1. The van der Waals surface area contributed by atoms with Gasteiger partial charge in [-0.25, -0.2) is 4.57 Å². The van der Waals surface area contributed by atoms with E-state index in [1.54, 1.807) is 0 Å². The Balaban J connectivity index is 3.62. The number of allylic oxidation sites excluding steroid dienone is 10. The van der Waals surface area contributed by atoms with Crippen molar-refractivity contribution in [2.24, 2.45) is 0 Å². The Morgan fingerprint density at radius 1 is 0.508 bits per heavy atom. The van der Waals surface area contributed by atoms with Crippen LogP contribution in [0.2, 0.25) is 0 Å². The SMILES string of the molecule is CCCCC/C=C\C/C=C\C/C=C\C/C=C\CCCCCCCC(=O)OCC(O)COP(=O)(O)OCCNC(=O)CCCCCCCCCCC/C=C/CCCCCCCC. The summed E-state index contributed by atoms with van der Waals surface area (Å²) in [5.41, 5.74) is 0. The fourth-order valence-electron chi connectivity index (χ4n) is 6.65. The van der Waals surface area contributed by atoms with Gasteiger partial charge in [0.25, 0.3) is 0 Å². The largest absolute Gasteiger partial charge is 0.472 e. The van der Waals surface area contributed by atoms with Crippen LogP contribution in [-0.2, 0) is 27.9 Å². The molecule has 0 aromatic carbocycles. The summed E-state index contributed by atoms with van der Waals surface area (Å²) in [7, 11) is -4.43. The van der Waals surface area contributed by atoms with Gasteiger partial charge in [0, 0.05) is 19.4 Å². The molecule has 0 rings (SSSR count). The molecule has 0 bridgehead atoms. The van der Waals surface area contributed by atoms with Crippen molar-refractivity contribution in [2.75, 3.05) is 26.4 Å². The molecule has 2 unspecified atom stereocenters. The Bertz CT molecular complexity index is 1180. The van der Waals surface area contributed by atoms with Gasteiger partial charge in [0.15, 0.2) is 0 Å². The molecule has 2 atom stereocenters. The van der Waals surface area contributed by atoms with E-state index in [9.17, 15) is 24.2 Å². The minimum Gasteiger partial charge on any atom is -0.463 e. The smallest absolute Gasteiger partial charge is 0.463 e. The lowest BCUT2D eigenvalue weighted by Crippen LogP contribution is -2.27. The van der Waals surface area contributed by atoms with Crippen LogP contribution >= 0.6 is 7.82 Å². The van der Waals surface area contributed by atoms with E-state index >= 15 is 0 Å². The number of aliphatic hydroxyl groups excluding tert-OH is 1. The molecule has 0 aliphatic heterocycles. The maximum Gasteiger partial charge on any atom is 0.472 e. The number of rotatable bonds is 46. The average Bonchev–Trinajstić information content (AvgIpc) is 3.25. The van der Waals surface area contributed by atoms with Crippen LogP contribution in [-0.4, -0.2) is 54.3 Å². The van der Waals surface area contributed by atoms with Gasteiger partial charge in [-0.1, -0.05) is 184 Å². The minimum atomic E-state index is -4.43. The first kappa shape index (κ1) is 58.7. The van der Waals surface area contributed by atoms with Gasteiger partial charge >= 0.3 is 13.8 Å². The quantitative estimate of drug-likeness (QED) is 0.0238. The second kappa shape index (κ2) is 47.2. The molecule has 0 saturated heterocycles. The third kappa shape index (κ3) is 48.6. The predicted octanol–water partition coefficient (Wildman–Crippen LogP) is 14.4. The third-order valence-electron chi connectivity index (χ3n) is 10.4. The van der Waals surface area contributed by atoms with E-state index in [2.05, 4.69) is 79.9 Å². The number of ether oxygens (including phenoxy) is 1. The van der Waals surface area contributed by atoms with Gasteiger partial charge in [-0.15, -0.1) is 0 Å². The number of nitrogens with one attached hydrogen (secondary N) is 1. The zero-order valence-corrected chi connectivity index (χ0v) is 40.0. The lowest BCUT2D eigenvalue weighted by molar-refractivity contribution is -0.147. The summed E-state index contributed by atoms with van der Waals surface area (Å²) in [6.07, 6.45) is 57.2. The first-order valence-corrected chi connectivity index (χ1v) is 26.3. The first-order chi connectivity index (χ1) is 29.8. The molecule has 9 nitrogen and oxygen atoms in total. The highest BCUT2D eigenvalue weighted by atomic mass is 31.2. The van der Waals surface area contributed by atoms with Crippen LogP contribution in [0.3, 0.4) is 0 Å². The molecule has 10 heteroatoms. The third-order valence-corrected chi connectivity index (χ3v) is 11.4. The van der Waals surface area contributed by atoms with Crippen LogP contribution in [0.1, 0.15) is 219 Å². The Morgan fingerprint density at radius 2 is 0.885 bits per heavy atom. The van der Waals surface area contributed by atoms with Gasteiger partial charge in [-0.2, -0.15) is 0 Å². The molecule has 0 heterocycles. The monoisotopic (exact) mass is 878 g/mol. The number of phosphoric acid groups is 1. The molecule has 0 aromatic heterocycles. The van der Waals surface area contributed by atoms with Gasteiger partial charge in [0.2, 0.25) is 5.91 Å². The molecule has 0 fully saturated rings. The minimum absolute atomic E-state index is 0.0766. The maximum absolute atomic E-state index is 12.1. The normalized spacial score (nSPS) is 13.7. The number of carbonyl (C=O) groups is 2. The van der Waals surface area contributed by atoms with Gasteiger partial charge in [-0.3, -0.25) is 18.6 Å². The number of carbonyl (C=O) groups excluding carboxylic acids is 2. The summed E-state index contributed by atoms with van der Waals surface area (Å²) >= 11 is 0. The van der Waals surface area contributed by atoms with Crippen molar-refractivity contribution in [3.63, 3.8) is 0 Å². The predicted molar refractivity (Wildman–Crippen MR) is 256 cm³/mol. The molecule has 0 saturated carbocycles. The van der Waals surface area contributed by atoms with E-state index in [-0.39, 0.29) is 32.1 Å². The molecule has 0 spiro atoms. The van der Waals surface area contributed by atoms with Crippen LogP contribution in [0, 0.1) is 0 Å². The number of phosphoric ester groups is 1. The van der Waals surface area contributed by atoms with Crippen LogP contribution in [0.25, 0.3) is 0 Å². The van der Waals surface area contributed by atoms with Crippen molar-refractivity contribution in [1.82, 2.24) is 5.32 Å². The Hall–Kier alpha value is -2.29. The van der Waals surface area contributed by atoms with Crippen molar-refractivity contribution >= 4 is 19.7 Å². The molecule has 3 N–H and O–H groups in total. The van der Waals surface area contributed by atoms with Crippen molar-refractivity contribution in [3.8, 4) is 0 Å². The highest BCUT2D eigenvalue weighted by Crippen LogP contribution is 2.42. The number of esters is 1. The number of hydrogen-bond acceptors (Lipinski definition) is 7. The molecule has 0 aliphatic carbocycles. The van der Waals surface area contributed by atoms with Crippen LogP contribution < -0.4 is 5.32 Å². The van der Waals surface area contributed by atoms with Gasteiger partial charge in [0.1, 0.15) is 12.7 Å². The molecule has 0 radical (unpaired) electrons. The van der Waals surface area contributed by atoms with Crippen molar-refractivity contribution < 1.29 is 37.9 Å². The molecule has 1 amide bonds. The molecule has 354 valence electrons. The molecule has 0 aromatic rings. The fourth-order valence-corrected chi connectivity index (χ4v) is 7.41. The van der Waals surface area contributed by atoms with E-state index in [1.165, 1.54) is 116 Å². The van der Waals surface area contributed by atoms with E-state index in [1.807, 2.05) is 0 Å². The van der Waals surface area contributed by atoms with E-state index in [0.29, 0.717) is 12.8 Å². The lowest BCUT2D eigenvalue weighted by atomic mass is 10.1. The number of aliphatic hydroxyl groups is 1. The lowest BCUT2D eigenvalue weighted by Gasteiger charge is -2.15. The van der Waals surface area contributed by atoms with Gasteiger partial charge in [-0.05, 0) is 83.5 Å². The standard InChI is InChI=1S/C51H92NO8P/c1-3-5-7-9-11-13-15-17-19-21-23-24-26-28-30-32-34-36-38-40-42-44-51(55)58-47-49(53)48-60-61(56,57)59-46-45-52-50(54)43-41-39-37-35-33-31-29-27-25-22-20-18-16-14-12-10-8-6-4-2/h11,13,17-20,23-24,28,30,49,53H,3-10,12,14-16,21-22,25-27,29,31-48H2,1-2H3,(H,52,54)(H,56,57)/b13-11-,19-17-,20-18+,24-23-,30-28-. The highest BCUT2D eigenvalue weighted by Gasteiger charge is 2.23. The van der Waals surface area contributed by atoms with Crippen LogP contribution in [0.5, 0.6) is 0 Å². The summed E-state index contributed by atoms with van der Waals surface area (Å²) in [6.45, 7) is 3.51. The van der Waals surface area contributed by atoms with Crippen molar-refractivity contribution in [1.29, 1.82) is 0 Å². The van der Waals surface area contributed by atoms with Crippen LogP contribution in [0.15, 0.2) is 60.8 Å². The van der Waals surface area contributed by atoms with Crippen molar-refractivity contribution in [2.45, 2.75) is 225 Å². The summed E-state index contributed by atoms with van der Waals surface area (Å²) in [6, 6.07) is 0. The number of unbranched alkanes of at least 4 members (excludes halogenated alkanes) is 23. The second-order valence-electron chi connectivity index (χ2n) is 16.4. The fraction of sp³-hybridized carbons (Fsp3) is 0.765. The first-order valence-electron chi connectivity index (χ1n) is 24.8. The van der Waals surface area contributed by atoms with E-state index < -0.39 is 26.5 Å². The van der Waals surface area contributed by atoms with Crippen molar-refractivity contribution in [3.05, 3.63) is 60.8 Å². The Labute approximate surface area is 374 Å². The molecular weight excluding hydrogens is 786 g/mol. The average molecular weight is 878 g/mol. The second-order valence-corrected chi connectivity index (χ2v) is 17.9. The Morgan fingerprint density at radius 3 is 1.38 bits per heavy atom. The van der Waals surface area contributed by atoms with Gasteiger partial charge in [0.05, 0.1) is 13.2 Å². The van der Waals surface area contributed by atoms with E-state index in [0.717, 1.165) is 70.6 Å². The molecule has 61 heavy (non-hydrogen) atoms. The Kier molecular flexibility index (Phi) is 45.4. The number of hydrogen-bond donors (Lipinski definition) is 3. The summed E-state index contributed by atoms with van der Waals surface area (Å²) in [4.78, 5) is 34.0. The zero-order valence-electron chi connectivity index (χ0n) is 39.1. The summed E-state index contributed by atoms with van der Waals surface area (Å²) in [5.74, 6) is -0.536. The zero-order chi connectivity index (χ0) is 44.6. The molecular formula is C51H92NO8P. The summed E-state index contributed by atoms with van der Waals surface area (Å²) in [5, 5.41) is 12.7. The van der Waals surface area contributed by atoms with Gasteiger partial charge < -0.3 is 20.1 Å². The highest BCUT2D eigenvalue weighted by molar-refractivity contribution is 7.47. The summed E-state index contributed by atoms with van der Waals surface area (Å²) < 4.78 is 27.0. The topological polar surface area (TPSA) is 131 Å². The van der Waals surface area contributed by atoms with Crippen LogP contribution in [0.4, 0.5) is 0 Å². The molecule has 0 aliphatic rings. The number of amides is 1. The van der Waals surface area contributed by atoms with E-state index in [4.69, 9.17) is 13.8 Å².